The Morgan fingerprint density at radius 1 is 0.950 bits per heavy atom. The topological polar surface area (TPSA) is 26.3 Å². The van der Waals surface area contributed by atoms with Gasteiger partial charge in [-0.25, -0.2) is 0 Å². The molecular weight excluding hydrogens is 248 g/mol. The highest BCUT2D eigenvalue weighted by Crippen LogP contribution is 2.40. The van der Waals surface area contributed by atoms with Crippen LogP contribution in [0.4, 0.5) is 0 Å². The van der Waals surface area contributed by atoms with Crippen molar-refractivity contribution in [3.8, 4) is 0 Å². The number of ketones is 1. The first-order chi connectivity index (χ1) is 9.84. The van der Waals surface area contributed by atoms with Crippen molar-refractivity contribution >= 4 is 5.78 Å². The zero-order chi connectivity index (χ0) is 13.5. The summed E-state index contributed by atoms with van der Waals surface area (Å²) in [6.07, 6.45) is 1.66. The van der Waals surface area contributed by atoms with Gasteiger partial charge in [-0.2, -0.15) is 0 Å². The van der Waals surface area contributed by atoms with Crippen molar-refractivity contribution in [2.45, 2.75) is 18.9 Å². The van der Waals surface area contributed by atoms with Crippen molar-refractivity contribution in [1.29, 1.82) is 0 Å². The van der Waals surface area contributed by atoms with Crippen LogP contribution in [0, 0.1) is 5.92 Å². The van der Waals surface area contributed by atoms with Gasteiger partial charge in [-0.05, 0) is 29.5 Å². The lowest BCUT2D eigenvalue weighted by atomic mass is 9.87. The zero-order valence-corrected chi connectivity index (χ0v) is 11.2. The molecule has 0 N–H and O–H groups in total. The van der Waals surface area contributed by atoms with E-state index in [9.17, 15) is 4.79 Å². The minimum absolute atomic E-state index is 0.0613. The molecule has 0 saturated heterocycles. The van der Waals surface area contributed by atoms with Crippen molar-refractivity contribution in [3.63, 3.8) is 0 Å². The van der Waals surface area contributed by atoms with E-state index in [1.54, 1.807) is 0 Å². The Kier molecular flexibility index (Phi) is 2.71. The highest BCUT2D eigenvalue weighted by molar-refractivity contribution is 6.02. The Balaban J connectivity index is 1.73. The van der Waals surface area contributed by atoms with E-state index in [0.29, 0.717) is 6.61 Å². The molecule has 2 atom stereocenters. The minimum atomic E-state index is -0.0835. The standard InChI is InChI=1S/C18H16O2/c19-17-14-7-3-2-6-13(14)11-16(17)18-15-8-4-1-5-12(15)9-10-20-18/h1-8,16,18H,9-11H2/t16-,18-/m0/s1. The molecule has 2 aromatic carbocycles. The molecule has 0 bridgehead atoms. The molecule has 0 spiro atoms. The van der Waals surface area contributed by atoms with Gasteiger partial charge >= 0.3 is 0 Å². The molecule has 1 aliphatic carbocycles. The van der Waals surface area contributed by atoms with Gasteiger partial charge in [0.05, 0.1) is 18.6 Å². The summed E-state index contributed by atoms with van der Waals surface area (Å²) in [6.45, 7) is 0.710. The van der Waals surface area contributed by atoms with E-state index < -0.39 is 0 Å². The number of hydrogen-bond donors (Lipinski definition) is 0. The fourth-order valence-electron chi connectivity index (χ4n) is 3.47. The largest absolute Gasteiger partial charge is 0.372 e. The first kappa shape index (κ1) is 11.9. The average molecular weight is 264 g/mol. The number of carbonyl (C=O) groups is 1. The second-order valence-electron chi connectivity index (χ2n) is 5.57. The zero-order valence-electron chi connectivity index (χ0n) is 11.2. The SMILES string of the molecule is O=C1c2ccccc2C[C@@H]1[C@H]1OCCc2ccccc21. The van der Waals surface area contributed by atoms with Gasteiger partial charge in [0.1, 0.15) is 0 Å². The summed E-state index contributed by atoms with van der Waals surface area (Å²) < 4.78 is 5.97. The van der Waals surface area contributed by atoms with Gasteiger partial charge in [-0.3, -0.25) is 4.79 Å². The number of Topliss-reactive ketones (excluding diaryl/α,β-unsaturated/α-hetero) is 1. The van der Waals surface area contributed by atoms with E-state index >= 15 is 0 Å². The molecular formula is C18H16O2. The van der Waals surface area contributed by atoms with Gasteiger partial charge in [0.15, 0.2) is 5.78 Å². The van der Waals surface area contributed by atoms with Crippen LogP contribution in [0.3, 0.4) is 0 Å². The summed E-state index contributed by atoms with van der Waals surface area (Å²) in [6, 6.07) is 16.3. The van der Waals surface area contributed by atoms with Gasteiger partial charge in [0.25, 0.3) is 0 Å². The number of ether oxygens (including phenoxy) is 1. The highest BCUT2D eigenvalue weighted by Gasteiger charge is 2.39. The van der Waals surface area contributed by atoms with Crippen molar-refractivity contribution in [2.75, 3.05) is 6.61 Å². The molecule has 2 heteroatoms. The molecule has 2 aliphatic rings. The summed E-state index contributed by atoms with van der Waals surface area (Å²) in [4.78, 5) is 12.6. The van der Waals surface area contributed by atoms with E-state index in [1.165, 1.54) is 11.1 Å². The van der Waals surface area contributed by atoms with Crippen molar-refractivity contribution in [2.24, 2.45) is 5.92 Å². The molecule has 4 rings (SSSR count). The van der Waals surface area contributed by atoms with Crippen LogP contribution in [-0.2, 0) is 17.6 Å². The van der Waals surface area contributed by atoms with Crippen LogP contribution in [0.5, 0.6) is 0 Å². The molecule has 20 heavy (non-hydrogen) atoms. The molecule has 0 radical (unpaired) electrons. The van der Waals surface area contributed by atoms with Crippen LogP contribution in [0.1, 0.15) is 33.2 Å². The summed E-state index contributed by atoms with van der Waals surface area (Å²) in [5.74, 6) is 0.177. The van der Waals surface area contributed by atoms with Crippen LogP contribution in [-0.4, -0.2) is 12.4 Å². The smallest absolute Gasteiger partial charge is 0.169 e. The second kappa shape index (κ2) is 4.57. The van der Waals surface area contributed by atoms with Crippen LogP contribution >= 0.6 is 0 Å². The van der Waals surface area contributed by atoms with Crippen LogP contribution in [0.2, 0.25) is 0 Å². The van der Waals surface area contributed by atoms with E-state index in [1.807, 2.05) is 24.3 Å². The third kappa shape index (κ3) is 1.72. The lowest BCUT2D eigenvalue weighted by Gasteiger charge is -2.29. The fraction of sp³-hybridized carbons (Fsp3) is 0.278. The Morgan fingerprint density at radius 2 is 1.70 bits per heavy atom. The lowest BCUT2D eigenvalue weighted by Crippen LogP contribution is -2.26. The quantitative estimate of drug-likeness (QED) is 0.789. The third-order valence-electron chi connectivity index (χ3n) is 4.46. The number of rotatable bonds is 1. The average Bonchev–Trinajstić information content (AvgIpc) is 2.84. The first-order valence-electron chi connectivity index (χ1n) is 7.16. The van der Waals surface area contributed by atoms with E-state index in [0.717, 1.165) is 24.0 Å². The first-order valence-corrected chi connectivity index (χ1v) is 7.16. The molecule has 0 amide bonds. The van der Waals surface area contributed by atoms with Gasteiger partial charge in [0.2, 0.25) is 0 Å². The lowest BCUT2D eigenvalue weighted by molar-refractivity contribution is 0.00703. The minimum Gasteiger partial charge on any atom is -0.372 e. The van der Waals surface area contributed by atoms with Crippen LogP contribution < -0.4 is 0 Å². The predicted octanol–water partition coefficient (Wildman–Crippen LogP) is 3.36. The van der Waals surface area contributed by atoms with E-state index in [4.69, 9.17) is 4.74 Å². The Labute approximate surface area is 118 Å². The fourth-order valence-corrected chi connectivity index (χ4v) is 3.47. The van der Waals surface area contributed by atoms with Crippen molar-refractivity contribution in [1.82, 2.24) is 0 Å². The molecule has 0 aromatic heterocycles. The molecule has 1 aliphatic heterocycles. The monoisotopic (exact) mass is 264 g/mol. The van der Waals surface area contributed by atoms with Crippen molar-refractivity contribution in [3.05, 3.63) is 70.8 Å². The second-order valence-corrected chi connectivity index (χ2v) is 5.57. The van der Waals surface area contributed by atoms with Gasteiger partial charge in [-0.15, -0.1) is 0 Å². The molecule has 2 nitrogen and oxygen atoms in total. The summed E-state index contributed by atoms with van der Waals surface area (Å²) in [5, 5.41) is 0. The molecule has 0 fully saturated rings. The maximum absolute atomic E-state index is 12.6. The van der Waals surface area contributed by atoms with E-state index in [2.05, 4.69) is 24.3 Å². The molecule has 2 aromatic rings. The number of hydrogen-bond acceptors (Lipinski definition) is 2. The van der Waals surface area contributed by atoms with E-state index in [-0.39, 0.29) is 17.8 Å². The van der Waals surface area contributed by atoms with Crippen LogP contribution in [0.15, 0.2) is 48.5 Å². The molecule has 0 saturated carbocycles. The highest BCUT2D eigenvalue weighted by atomic mass is 16.5. The number of carbonyl (C=O) groups excluding carboxylic acids is 1. The summed E-state index contributed by atoms with van der Waals surface area (Å²) in [5.41, 5.74) is 4.57. The Hall–Kier alpha value is -1.93. The number of benzene rings is 2. The van der Waals surface area contributed by atoms with Crippen molar-refractivity contribution < 1.29 is 9.53 Å². The maximum atomic E-state index is 12.6. The molecule has 0 unspecified atom stereocenters. The third-order valence-corrected chi connectivity index (χ3v) is 4.46. The normalized spacial score (nSPS) is 24.3. The predicted molar refractivity (Wildman–Crippen MR) is 76.8 cm³/mol. The van der Waals surface area contributed by atoms with Gasteiger partial charge in [-0.1, -0.05) is 48.5 Å². The molecule has 100 valence electrons. The summed E-state index contributed by atoms with van der Waals surface area (Å²) >= 11 is 0. The van der Waals surface area contributed by atoms with Gasteiger partial charge in [0, 0.05) is 5.56 Å². The molecule has 1 heterocycles. The maximum Gasteiger partial charge on any atom is 0.169 e. The van der Waals surface area contributed by atoms with Gasteiger partial charge < -0.3 is 4.74 Å². The number of fused-ring (bicyclic) bond motifs is 2. The Bertz CT molecular complexity index is 675. The van der Waals surface area contributed by atoms with Crippen LogP contribution in [0.25, 0.3) is 0 Å². The summed E-state index contributed by atoms with van der Waals surface area (Å²) in [7, 11) is 0. The Morgan fingerprint density at radius 3 is 2.55 bits per heavy atom.